The monoisotopic (exact) mass is 472 g/mol. The Morgan fingerprint density at radius 3 is 2.59 bits per heavy atom. The molecule has 182 valence electrons. The van der Waals surface area contributed by atoms with E-state index in [9.17, 15) is 30.3 Å². The maximum Gasteiger partial charge on any atom is 0.229 e. The number of hydrogen-bond donors (Lipinski definition) is 5. The third-order valence-corrected chi connectivity index (χ3v) is 6.13. The van der Waals surface area contributed by atoms with Crippen molar-refractivity contribution in [3.63, 3.8) is 0 Å². The number of carbonyl (C=O) groups is 1. The average Bonchev–Trinajstić information content (AvgIpc) is 3.31. The summed E-state index contributed by atoms with van der Waals surface area (Å²) in [6, 6.07) is 10.6. The first-order chi connectivity index (χ1) is 16.3. The zero-order chi connectivity index (χ0) is 24.4. The molecule has 2 heterocycles. The van der Waals surface area contributed by atoms with Gasteiger partial charge in [0.1, 0.15) is 47.1 Å². The van der Waals surface area contributed by atoms with E-state index < -0.39 is 37.3 Å². The van der Waals surface area contributed by atoms with Gasteiger partial charge in [-0.05, 0) is 48.2 Å². The van der Waals surface area contributed by atoms with Gasteiger partial charge in [-0.3, -0.25) is 4.79 Å². The van der Waals surface area contributed by atoms with Crippen molar-refractivity contribution in [2.24, 2.45) is 0 Å². The van der Waals surface area contributed by atoms with Crippen molar-refractivity contribution >= 4 is 16.8 Å². The topological polar surface area (TPSA) is 150 Å². The molecular formula is C25H28O9. The lowest BCUT2D eigenvalue weighted by Crippen LogP contribution is -2.60. The van der Waals surface area contributed by atoms with E-state index in [4.69, 9.17) is 13.9 Å². The predicted octanol–water partition coefficient (Wildman–Crippen LogP) is 1.69. The van der Waals surface area contributed by atoms with Crippen LogP contribution in [0.15, 0.2) is 47.1 Å². The first-order valence-corrected chi connectivity index (χ1v) is 11.1. The van der Waals surface area contributed by atoms with Gasteiger partial charge in [0, 0.05) is 11.8 Å². The molecule has 0 bridgehead atoms. The summed E-state index contributed by atoms with van der Waals surface area (Å²) in [5.74, 6) is -0.631. The highest BCUT2D eigenvalue weighted by molar-refractivity contribution is 6.01. The Bertz CT molecular complexity index is 1150. The Morgan fingerprint density at radius 1 is 1.06 bits per heavy atom. The number of fused-ring (bicyclic) bond motifs is 1. The third-order valence-electron chi connectivity index (χ3n) is 6.13. The first kappa shape index (κ1) is 24.2. The quantitative estimate of drug-likeness (QED) is 0.309. The van der Waals surface area contributed by atoms with Crippen LogP contribution in [0.25, 0.3) is 11.0 Å². The smallest absolute Gasteiger partial charge is 0.229 e. The lowest BCUT2D eigenvalue weighted by Gasteiger charge is -2.39. The number of rotatable bonds is 8. The molecule has 2 aromatic carbocycles. The van der Waals surface area contributed by atoms with Crippen molar-refractivity contribution in [1.82, 2.24) is 0 Å². The number of aryl methyl sites for hydroxylation is 2. The molecule has 5 N–H and O–H groups in total. The fourth-order valence-corrected chi connectivity index (χ4v) is 4.11. The third kappa shape index (κ3) is 4.66. The molecular weight excluding hydrogens is 444 g/mol. The van der Waals surface area contributed by atoms with Crippen LogP contribution < -0.4 is 4.74 Å². The lowest BCUT2D eigenvalue weighted by atomic mass is 9.97. The van der Waals surface area contributed by atoms with E-state index >= 15 is 0 Å². The highest BCUT2D eigenvalue weighted by atomic mass is 16.7. The first-order valence-electron chi connectivity index (χ1n) is 11.1. The Kier molecular flexibility index (Phi) is 7.20. The standard InChI is InChI=1S/C25H28O9/c1-2-14-5-8-18(33-25-24(31)23(30)22(29)19(12-26)34-25)20(21(14)28)16(27)6-3-13-4-7-17-15(11-13)9-10-32-17/h4-5,7-11,19,22-26,28-31H,2-3,6,12H2,1H3/t19-,22-,23+,24-,25-/m1/s1. The predicted molar refractivity (Wildman–Crippen MR) is 121 cm³/mol. The highest BCUT2D eigenvalue weighted by Gasteiger charge is 2.45. The van der Waals surface area contributed by atoms with Gasteiger partial charge in [0.15, 0.2) is 5.78 Å². The van der Waals surface area contributed by atoms with E-state index in [1.54, 1.807) is 12.3 Å². The van der Waals surface area contributed by atoms with Gasteiger partial charge in [-0.2, -0.15) is 0 Å². The van der Waals surface area contributed by atoms with Crippen LogP contribution in [0.2, 0.25) is 0 Å². The molecule has 0 saturated carbocycles. The highest BCUT2D eigenvalue weighted by Crippen LogP contribution is 2.35. The summed E-state index contributed by atoms with van der Waals surface area (Å²) in [6.07, 6.45) is -4.89. The number of aromatic hydroxyl groups is 1. The van der Waals surface area contributed by atoms with Crippen molar-refractivity contribution in [3.8, 4) is 11.5 Å². The Balaban J connectivity index is 1.57. The number of ketones is 1. The van der Waals surface area contributed by atoms with Crippen molar-refractivity contribution < 1.29 is 44.2 Å². The minimum absolute atomic E-state index is 0.0330. The number of carbonyl (C=O) groups excluding carboxylic acids is 1. The van der Waals surface area contributed by atoms with E-state index in [-0.39, 0.29) is 29.3 Å². The van der Waals surface area contributed by atoms with Crippen LogP contribution in [-0.4, -0.2) is 68.6 Å². The average molecular weight is 472 g/mol. The van der Waals surface area contributed by atoms with Gasteiger partial charge in [0.2, 0.25) is 6.29 Å². The summed E-state index contributed by atoms with van der Waals surface area (Å²) < 4.78 is 16.4. The van der Waals surface area contributed by atoms with Gasteiger partial charge in [0.25, 0.3) is 0 Å². The molecule has 0 radical (unpaired) electrons. The number of benzene rings is 2. The van der Waals surface area contributed by atoms with Gasteiger partial charge < -0.3 is 39.4 Å². The molecule has 4 rings (SSSR count). The summed E-state index contributed by atoms with van der Waals surface area (Å²) >= 11 is 0. The maximum absolute atomic E-state index is 13.2. The molecule has 1 saturated heterocycles. The zero-order valence-electron chi connectivity index (χ0n) is 18.6. The Morgan fingerprint density at radius 2 is 1.85 bits per heavy atom. The minimum Gasteiger partial charge on any atom is -0.507 e. The largest absolute Gasteiger partial charge is 0.507 e. The molecule has 1 aromatic heterocycles. The van der Waals surface area contributed by atoms with Crippen LogP contribution in [0.5, 0.6) is 11.5 Å². The van der Waals surface area contributed by atoms with Gasteiger partial charge in [-0.15, -0.1) is 0 Å². The van der Waals surface area contributed by atoms with Crippen LogP contribution in [0.1, 0.15) is 34.8 Å². The van der Waals surface area contributed by atoms with Crippen molar-refractivity contribution in [3.05, 3.63) is 59.4 Å². The SMILES string of the molecule is CCc1ccc(O[C@@H]2O[C@H](CO)[C@@H](O)[C@H](O)[C@H]2O)c(C(=O)CCc2ccc3occc3c2)c1O. The van der Waals surface area contributed by atoms with Crippen LogP contribution in [0.4, 0.5) is 0 Å². The van der Waals surface area contributed by atoms with E-state index in [1.807, 2.05) is 31.2 Å². The van der Waals surface area contributed by atoms with E-state index in [0.717, 1.165) is 16.5 Å². The maximum atomic E-state index is 13.2. The van der Waals surface area contributed by atoms with Gasteiger partial charge in [-0.25, -0.2) is 0 Å². The molecule has 34 heavy (non-hydrogen) atoms. The normalized spacial score (nSPS) is 24.9. The Hall–Kier alpha value is -2.95. The number of furan rings is 1. The number of aliphatic hydroxyl groups excluding tert-OH is 4. The second kappa shape index (κ2) is 10.1. The number of ether oxygens (including phenoxy) is 2. The molecule has 9 heteroatoms. The van der Waals surface area contributed by atoms with Crippen LogP contribution >= 0.6 is 0 Å². The molecule has 0 spiro atoms. The fraction of sp³-hybridized carbons (Fsp3) is 0.400. The number of aliphatic hydroxyl groups is 4. The van der Waals surface area contributed by atoms with Crippen molar-refractivity contribution in [2.75, 3.05) is 6.61 Å². The molecule has 0 amide bonds. The van der Waals surface area contributed by atoms with Gasteiger partial charge in [0.05, 0.1) is 12.9 Å². The summed E-state index contributed by atoms with van der Waals surface area (Å²) in [4.78, 5) is 13.2. The second-order valence-electron chi connectivity index (χ2n) is 8.33. The molecule has 1 aliphatic heterocycles. The number of Topliss-reactive ketones (excluding diaryl/α,β-unsaturated/α-hetero) is 1. The van der Waals surface area contributed by atoms with E-state index in [2.05, 4.69) is 0 Å². The molecule has 1 aliphatic rings. The molecule has 1 fully saturated rings. The van der Waals surface area contributed by atoms with Crippen molar-refractivity contribution in [2.45, 2.75) is 56.9 Å². The molecule has 0 aliphatic carbocycles. The summed E-state index contributed by atoms with van der Waals surface area (Å²) in [7, 11) is 0. The molecule has 9 nitrogen and oxygen atoms in total. The number of phenolic OH excluding ortho intramolecular Hbond substituents is 1. The Labute approximate surface area is 195 Å². The van der Waals surface area contributed by atoms with Crippen LogP contribution in [-0.2, 0) is 17.6 Å². The van der Waals surface area contributed by atoms with Gasteiger partial charge in [-0.1, -0.05) is 19.1 Å². The van der Waals surface area contributed by atoms with E-state index in [1.165, 1.54) is 6.07 Å². The molecule has 3 aromatic rings. The summed E-state index contributed by atoms with van der Waals surface area (Å²) in [5.41, 5.74) is 2.16. The second-order valence-corrected chi connectivity index (χ2v) is 8.33. The minimum atomic E-state index is -1.64. The number of hydrogen-bond acceptors (Lipinski definition) is 9. The summed E-state index contributed by atoms with van der Waals surface area (Å²) in [6.45, 7) is 1.22. The van der Waals surface area contributed by atoms with Crippen LogP contribution in [0, 0.1) is 0 Å². The number of phenols is 1. The molecule has 0 unspecified atom stereocenters. The fourth-order valence-electron chi connectivity index (χ4n) is 4.11. The zero-order valence-corrected chi connectivity index (χ0v) is 18.6. The summed E-state index contributed by atoms with van der Waals surface area (Å²) in [5, 5.41) is 51.4. The lowest BCUT2D eigenvalue weighted by molar-refractivity contribution is -0.277. The van der Waals surface area contributed by atoms with Crippen molar-refractivity contribution in [1.29, 1.82) is 0 Å². The van der Waals surface area contributed by atoms with Crippen LogP contribution in [0.3, 0.4) is 0 Å². The van der Waals surface area contributed by atoms with Gasteiger partial charge >= 0.3 is 0 Å². The molecule has 5 atom stereocenters. The van der Waals surface area contributed by atoms with E-state index in [0.29, 0.717) is 18.4 Å².